The number of carbonyl (C=O) groups is 3. The van der Waals surface area contributed by atoms with Crippen molar-refractivity contribution >= 4 is 25.7 Å². The fourth-order valence-electron chi connectivity index (χ4n) is 3.90. The first-order valence-corrected chi connectivity index (χ1v) is 18.3. The van der Waals surface area contributed by atoms with E-state index in [1.807, 2.05) is 6.92 Å². The number of phosphoric ester groups is 1. The topological polar surface area (TPSA) is 169 Å². The largest absolute Gasteiger partial charge is 0.480 e. The van der Waals surface area contributed by atoms with Gasteiger partial charge in [-0.3, -0.25) is 18.6 Å². The Hall–Kier alpha value is -2.82. The fraction of sp³-hybridized carbons (Fsp3) is 0.629. The van der Waals surface area contributed by atoms with Gasteiger partial charge >= 0.3 is 19.8 Å². The van der Waals surface area contributed by atoms with E-state index in [-0.39, 0.29) is 12.8 Å². The highest BCUT2D eigenvalue weighted by Crippen LogP contribution is 2.43. The predicted octanol–water partition coefficient (Wildman–Crippen LogP) is 7.27. The van der Waals surface area contributed by atoms with Gasteiger partial charge in [-0.1, -0.05) is 100 Å². The first kappa shape index (κ1) is 44.2. The van der Waals surface area contributed by atoms with Crippen LogP contribution in [0.25, 0.3) is 0 Å². The molecule has 0 rings (SSSR count). The molecule has 0 spiro atoms. The number of aliphatic hydroxyl groups is 1. The second kappa shape index (κ2) is 30.5. The Kier molecular flexibility index (Phi) is 28.7. The van der Waals surface area contributed by atoms with Gasteiger partial charge < -0.3 is 25.2 Å². The standard InChI is InChI=1S/C35H58NO10P/c1-3-5-7-8-9-10-11-12-13-14-15-16-17-18-19-20-21-22-23-24-25-26-33(38)36-32(35(40)41)30-46-47(42,43)45-29-31(37)28-44-34(39)27-6-4-2/h5,7,9-10,12-13,15-16,18-19,31-32,37H,3-4,6,8,11,14,17,20-30H2,1-2H3,(H,36,38)(H,40,41)(H,42,43)/b7-5-,10-9-,13-12-,16-15-,19-18-. The Morgan fingerprint density at radius 1 is 0.702 bits per heavy atom. The van der Waals surface area contributed by atoms with Crippen LogP contribution in [0.15, 0.2) is 60.8 Å². The van der Waals surface area contributed by atoms with Gasteiger partial charge in [-0.25, -0.2) is 9.36 Å². The highest BCUT2D eigenvalue weighted by molar-refractivity contribution is 7.47. The van der Waals surface area contributed by atoms with Crippen LogP contribution in [0, 0.1) is 0 Å². The molecule has 0 aliphatic carbocycles. The fourth-order valence-corrected chi connectivity index (χ4v) is 4.68. The minimum Gasteiger partial charge on any atom is -0.480 e. The van der Waals surface area contributed by atoms with Crippen molar-refractivity contribution in [3.8, 4) is 0 Å². The number of allylic oxidation sites excluding steroid dienone is 10. The molecule has 0 radical (unpaired) electrons. The summed E-state index contributed by atoms with van der Waals surface area (Å²) in [5.74, 6) is -2.45. The summed E-state index contributed by atoms with van der Waals surface area (Å²) in [5.41, 5.74) is 0. The second-order valence-electron chi connectivity index (χ2n) is 11.0. The molecule has 0 aromatic heterocycles. The molecule has 3 unspecified atom stereocenters. The third kappa shape index (κ3) is 30.3. The van der Waals surface area contributed by atoms with E-state index in [1.165, 1.54) is 0 Å². The summed E-state index contributed by atoms with van der Waals surface area (Å²) in [5, 5.41) is 21.4. The van der Waals surface area contributed by atoms with Crippen molar-refractivity contribution in [3.05, 3.63) is 60.8 Å². The van der Waals surface area contributed by atoms with Crippen molar-refractivity contribution in [1.29, 1.82) is 0 Å². The lowest BCUT2D eigenvalue weighted by atomic mass is 10.1. The number of rotatable bonds is 30. The zero-order valence-electron chi connectivity index (χ0n) is 28.3. The molecule has 4 N–H and O–H groups in total. The van der Waals surface area contributed by atoms with Gasteiger partial charge in [0, 0.05) is 12.8 Å². The molecule has 0 fully saturated rings. The third-order valence-corrected chi connectivity index (χ3v) is 7.52. The van der Waals surface area contributed by atoms with Crippen molar-refractivity contribution < 1.29 is 47.8 Å². The van der Waals surface area contributed by atoms with Crippen LogP contribution in [0.5, 0.6) is 0 Å². The predicted molar refractivity (Wildman–Crippen MR) is 185 cm³/mol. The molecule has 1 amide bonds. The molecule has 0 saturated carbocycles. The smallest absolute Gasteiger partial charge is 0.472 e. The summed E-state index contributed by atoms with van der Waals surface area (Å²) in [6.07, 6.45) is 32.5. The summed E-state index contributed by atoms with van der Waals surface area (Å²) in [7, 11) is -4.74. The first-order chi connectivity index (χ1) is 22.6. The normalized spacial score (nSPS) is 14.8. The number of unbranched alkanes of at least 4 members (excludes halogenated alkanes) is 6. The Morgan fingerprint density at radius 2 is 1.23 bits per heavy atom. The number of hydrogen-bond donors (Lipinski definition) is 4. The third-order valence-electron chi connectivity index (χ3n) is 6.57. The molecular formula is C35H58NO10P. The summed E-state index contributed by atoms with van der Waals surface area (Å²) >= 11 is 0. The van der Waals surface area contributed by atoms with E-state index in [0.717, 1.165) is 70.6 Å². The highest BCUT2D eigenvalue weighted by Gasteiger charge is 2.28. The zero-order valence-corrected chi connectivity index (χ0v) is 29.2. The van der Waals surface area contributed by atoms with Crippen molar-refractivity contribution in [3.63, 3.8) is 0 Å². The van der Waals surface area contributed by atoms with Gasteiger partial charge in [0.2, 0.25) is 5.91 Å². The van der Waals surface area contributed by atoms with E-state index in [1.54, 1.807) is 0 Å². The van der Waals surface area contributed by atoms with E-state index in [0.29, 0.717) is 12.8 Å². The van der Waals surface area contributed by atoms with E-state index in [9.17, 15) is 34.1 Å². The van der Waals surface area contributed by atoms with Gasteiger partial charge in [0.05, 0.1) is 13.2 Å². The molecule has 0 aromatic carbocycles. The van der Waals surface area contributed by atoms with Crippen LogP contribution in [0.4, 0.5) is 0 Å². The van der Waals surface area contributed by atoms with E-state index >= 15 is 0 Å². The summed E-state index contributed by atoms with van der Waals surface area (Å²) in [6.45, 7) is 2.12. The number of amides is 1. The summed E-state index contributed by atoms with van der Waals surface area (Å²) < 4.78 is 26.2. The van der Waals surface area contributed by atoms with Gasteiger partial charge in [-0.05, 0) is 57.8 Å². The zero-order chi connectivity index (χ0) is 35.0. The van der Waals surface area contributed by atoms with Crippen LogP contribution < -0.4 is 5.32 Å². The number of phosphoric acid groups is 1. The van der Waals surface area contributed by atoms with Crippen molar-refractivity contribution in [2.75, 3.05) is 19.8 Å². The number of esters is 1. The van der Waals surface area contributed by atoms with E-state index in [4.69, 9.17) is 9.26 Å². The molecule has 47 heavy (non-hydrogen) atoms. The van der Waals surface area contributed by atoms with Crippen molar-refractivity contribution in [1.82, 2.24) is 5.32 Å². The lowest BCUT2D eigenvalue weighted by Gasteiger charge is -2.18. The number of hydrogen-bond acceptors (Lipinski definition) is 8. The average molecular weight is 684 g/mol. The number of carbonyl (C=O) groups excluding carboxylic acids is 2. The number of aliphatic carboxylic acids is 1. The van der Waals surface area contributed by atoms with Crippen LogP contribution in [-0.4, -0.2) is 64.9 Å². The molecular weight excluding hydrogens is 625 g/mol. The Labute approximate surface area is 281 Å². The first-order valence-electron chi connectivity index (χ1n) is 16.8. The van der Waals surface area contributed by atoms with Gasteiger partial charge in [-0.15, -0.1) is 0 Å². The SMILES string of the molecule is CC/C=C\C/C=C\C/C=C\C/C=C\C/C=C\CCCCCCCC(=O)NC(COP(=O)(O)OCC(O)COC(=O)CCCC)C(=O)O. The molecule has 0 aliphatic rings. The van der Waals surface area contributed by atoms with Crippen molar-refractivity contribution in [2.24, 2.45) is 0 Å². The van der Waals surface area contributed by atoms with Crippen molar-refractivity contribution in [2.45, 2.75) is 122 Å². The molecule has 0 aliphatic heterocycles. The number of nitrogens with one attached hydrogen (secondary N) is 1. The maximum Gasteiger partial charge on any atom is 0.472 e. The van der Waals surface area contributed by atoms with Gasteiger partial charge in [0.15, 0.2) is 6.04 Å². The number of carboxylic acid groups (broad SMARTS) is 1. The van der Waals surface area contributed by atoms with Crippen LogP contribution in [0.1, 0.15) is 110 Å². The van der Waals surface area contributed by atoms with Gasteiger partial charge in [0.25, 0.3) is 0 Å². The molecule has 0 saturated heterocycles. The summed E-state index contributed by atoms with van der Waals surface area (Å²) in [6, 6.07) is -1.56. The molecule has 12 heteroatoms. The lowest BCUT2D eigenvalue weighted by molar-refractivity contribution is -0.147. The summed E-state index contributed by atoms with van der Waals surface area (Å²) in [4.78, 5) is 44.9. The quantitative estimate of drug-likeness (QED) is 0.0262. The van der Waals surface area contributed by atoms with Crippen LogP contribution in [0.3, 0.4) is 0 Å². The maximum atomic E-state index is 12.2. The molecule has 11 nitrogen and oxygen atoms in total. The molecule has 0 aromatic rings. The Bertz CT molecular complexity index is 1040. The number of aliphatic hydroxyl groups excluding tert-OH is 1. The van der Waals surface area contributed by atoms with E-state index < -0.39 is 57.6 Å². The van der Waals surface area contributed by atoms with Gasteiger partial charge in [-0.2, -0.15) is 0 Å². The second-order valence-corrected chi connectivity index (χ2v) is 12.4. The molecule has 3 atom stereocenters. The lowest BCUT2D eigenvalue weighted by Crippen LogP contribution is -2.43. The van der Waals surface area contributed by atoms with Crippen LogP contribution in [-0.2, 0) is 32.7 Å². The van der Waals surface area contributed by atoms with E-state index in [2.05, 4.69) is 77.5 Å². The molecule has 0 heterocycles. The minimum absolute atomic E-state index is 0.120. The average Bonchev–Trinajstić information content (AvgIpc) is 3.04. The van der Waals surface area contributed by atoms with Crippen LogP contribution >= 0.6 is 7.82 Å². The Balaban J connectivity index is 3.99. The van der Waals surface area contributed by atoms with Gasteiger partial charge in [0.1, 0.15) is 12.7 Å². The molecule has 268 valence electrons. The molecule has 0 bridgehead atoms. The highest BCUT2D eigenvalue weighted by atomic mass is 31.2. The number of ether oxygens (including phenoxy) is 1. The Morgan fingerprint density at radius 3 is 1.81 bits per heavy atom. The minimum atomic E-state index is -4.74. The monoisotopic (exact) mass is 683 g/mol. The maximum absolute atomic E-state index is 12.2. The number of carboxylic acids is 1. The van der Waals surface area contributed by atoms with Crippen LogP contribution in [0.2, 0.25) is 0 Å².